The van der Waals surface area contributed by atoms with E-state index in [9.17, 15) is 8.78 Å². The minimum absolute atomic E-state index is 0.0161. The third kappa shape index (κ3) is 4.04. The van der Waals surface area contributed by atoms with E-state index in [2.05, 4.69) is 14.5 Å². The van der Waals surface area contributed by atoms with Gasteiger partial charge in [0.25, 0.3) is 6.47 Å². The summed E-state index contributed by atoms with van der Waals surface area (Å²) in [5.74, 6) is 0.488. The fourth-order valence-corrected chi connectivity index (χ4v) is 3.05. The van der Waals surface area contributed by atoms with Crippen LogP contribution in [-0.2, 0) is 15.1 Å². The van der Waals surface area contributed by atoms with E-state index in [4.69, 9.17) is 20.4 Å². The Hall–Kier alpha value is -3.20. The maximum absolute atomic E-state index is 13.2. The van der Waals surface area contributed by atoms with E-state index >= 15 is 0 Å². The minimum Gasteiger partial charge on any atom is -0.483 e. The molecule has 7 nitrogen and oxygen atoms in total. The number of hydrogen-bond donors (Lipinski definition) is 2. The van der Waals surface area contributed by atoms with Gasteiger partial charge in [-0.1, -0.05) is 24.3 Å². The van der Waals surface area contributed by atoms with Gasteiger partial charge in [0.2, 0.25) is 0 Å². The van der Waals surface area contributed by atoms with Gasteiger partial charge >= 0.3 is 6.29 Å². The number of benzene rings is 2. The molecule has 9 heteroatoms. The van der Waals surface area contributed by atoms with Crippen LogP contribution in [0.2, 0.25) is 0 Å². The predicted octanol–water partition coefficient (Wildman–Crippen LogP) is 2.98. The number of alkyl halides is 2. The summed E-state index contributed by atoms with van der Waals surface area (Å²) in [5, 5.41) is 6.89. The van der Waals surface area contributed by atoms with Crippen molar-refractivity contribution in [2.24, 2.45) is 10.7 Å². The predicted molar refractivity (Wildman–Crippen MR) is 96.6 cm³/mol. The van der Waals surface area contributed by atoms with Crippen LogP contribution in [0.5, 0.6) is 11.5 Å². The number of ether oxygens (including phenoxy) is 3. The van der Waals surface area contributed by atoms with Crippen LogP contribution in [-0.4, -0.2) is 36.9 Å². The first-order chi connectivity index (χ1) is 13.3. The van der Waals surface area contributed by atoms with Crippen LogP contribution >= 0.6 is 0 Å². The Bertz CT molecular complexity index is 919. The summed E-state index contributed by atoms with van der Waals surface area (Å²) >= 11 is 0. The van der Waals surface area contributed by atoms with Crippen LogP contribution in [0.4, 0.5) is 8.78 Å². The van der Waals surface area contributed by atoms with Crippen molar-refractivity contribution in [3.63, 3.8) is 0 Å². The van der Waals surface area contributed by atoms with Gasteiger partial charge in [0, 0.05) is 0 Å². The molecule has 4 rings (SSSR count). The van der Waals surface area contributed by atoms with Gasteiger partial charge in [0.05, 0.1) is 6.61 Å². The van der Waals surface area contributed by atoms with Gasteiger partial charge in [-0.15, -0.1) is 8.78 Å². The van der Waals surface area contributed by atoms with Crippen LogP contribution in [0.3, 0.4) is 0 Å². The van der Waals surface area contributed by atoms with Crippen molar-refractivity contribution in [1.29, 1.82) is 0 Å². The average molecular weight is 392 g/mol. The van der Waals surface area contributed by atoms with Gasteiger partial charge in [0.1, 0.15) is 18.0 Å². The molecule has 148 valence electrons. The zero-order valence-electron chi connectivity index (χ0n) is 14.9. The van der Waals surface area contributed by atoms with Crippen molar-refractivity contribution in [1.82, 2.24) is 0 Å². The second kappa shape index (κ2) is 7.43. The third-order valence-electron chi connectivity index (χ3n) is 4.24. The third-order valence-corrected chi connectivity index (χ3v) is 4.24. The quantitative estimate of drug-likeness (QED) is 0.762. The molecule has 0 amide bonds. The number of carbonyl (C=O) groups is 1. The molecule has 1 unspecified atom stereocenters. The Morgan fingerprint density at radius 2 is 1.82 bits per heavy atom. The van der Waals surface area contributed by atoms with Crippen molar-refractivity contribution in [2.45, 2.75) is 18.8 Å². The fourth-order valence-electron chi connectivity index (χ4n) is 3.05. The molecular formula is C19H18F2N2O5. The molecule has 2 heterocycles. The monoisotopic (exact) mass is 392 g/mol. The molecule has 2 aliphatic rings. The summed E-state index contributed by atoms with van der Waals surface area (Å²) in [5.41, 5.74) is 7.73. The van der Waals surface area contributed by atoms with Gasteiger partial charge < -0.3 is 25.1 Å². The molecule has 0 aliphatic carbocycles. The molecule has 0 spiro atoms. The van der Waals surface area contributed by atoms with Crippen LogP contribution in [0.1, 0.15) is 12.5 Å². The number of rotatable bonds is 2. The maximum Gasteiger partial charge on any atom is 0.586 e. The summed E-state index contributed by atoms with van der Waals surface area (Å²) in [4.78, 5) is 12.9. The van der Waals surface area contributed by atoms with Crippen molar-refractivity contribution in [3.05, 3.63) is 48.0 Å². The van der Waals surface area contributed by atoms with E-state index in [0.29, 0.717) is 19.0 Å². The molecule has 0 fully saturated rings. The molecule has 2 aliphatic heterocycles. The highest BCUT2D eigenvalue weighted by atomic mass is 19.3. The number of carboxylic acid groups (broad SMARTS) is 1. The van der Waals surface area contributed by atoms with Crippen LogP contribution < -0.4 is 15.2 Å². The molecule has 1 atom stereocenters. The van der Waals surface area contributed by atoms with Crippen LogP contribution in [0, 0.1) is 0 Å². The second-order valence-corrected chi connectivity index (χ2v) is 6.39. The average Bonchev–Trinajstić information content (AvgIpc) is 2.95. The smallest absolute Gasteiger partial charge is 0.483 e. The molecule has 2 aromatic carbocycles. The van der Waals surface area contributed by atoms with Crippen molar-refractivity contribution in [3.8, 4) is 22.6 Å². The Kier molecular flexibility index (Phi) is 5.19. The molecule has 3 N–H and O–H groups in total. The molecule has 28 heavy (non-hydrogen) atoms. The highest BCUT2D eigenvalue weighted by Gasteiger charge is 2.43. The zero-order chi connectivity index (χ0) is 20.4. The second-order valence-electron chi connectivity index (χ2n) is 6.39. The van der Waals surface area contributed by atoms with Crippen molar-refractivity contribution < 1.29 is 32.9 Å². The molecular weight excluding hydrogens is 374 g/mol. The first-order valence-electron chi connectivity index (χ1n) is 8.27. The van der Waals surface area contributed by atoms with Gasteiger partial charge in [-0.2, -0.15) is 0 Å². The standard InChI is InChI=1S/C18H16F2N2O3.CH2O2/c1-17(10-23-9-16(21)22-17)13-4-2-3-11(7-13)12-5-6-14-15(8-12)25-18(19,20)24-14;2-1-3/h2-8H,9-10H2,1H3,(H2,21,22);1H,(H,2,3). The summed E-state index contributed by atoms with van der Waals surface area (Å²) in [6.45, 7) is 2.44. The topological polar surface area (TPSA) is 103 Å². The summed E-state index contributed by atoms with van der Waals surface area (Å²) < 4.78 is 40.8. The van der Waals surface area contributed by atoms with E-state index < -0.39 is 11.8 Å². The fraction of sp³-hybridized carbons (Fsp3) is 0.263. The SMILES string of the molecule is CC1(c2cccc(-c3ccc4c(c3)OC(F)(F)O4)c2)COCC(N)=N1.O=CO. The molecule has 0 saturated carbocycles. The van der Waals surface area contributed by atoms with Crippen molar-refractivity contribution >= 4 is 12.3 Å². The molecule has 2 aromatic rings. The maximum atomic E-state index is 13.2. The molecule has 0 aromatic heterocycles. The molecule has 0 bridgehead atoms. The highest BCUT2D eigenvalue weighted by Crippen LogP contribution is 2.43. The number of aliphatic imine (C=N–C) groups is 1. The summed E-state index contributed by atoms with van der Waals surface area (Å²) in [7, 11) is 0. The van der Waals surface area contributed by atoms with E-state index in [0.717, 1.165) is 16.7 Å². The van der Waals surface area contributed by atoms with Gasteiger partial charge in [0.15, 0.2) is 11.5 Å². The Morgan fingerprint density at radius 1 is 1.14 bits per heavy atom. The minimum atomic E-state index is -3.62. The van der Waals surface area contributed by atoms with E-state index in [1.54, 1.807) is 6.07 Å². The van der Waals surface area contributed by atoms with Crippen LogP contribution in [0.25, 0.3) is 11.1 Å². The van der Waals surface area contributed by atoms with E-state index in [-0.39, 0.29) is 18.0 Å². The Morgan fingerprint density at radius 3 is 2.54 bits per heavy atom. The lowest BCUT2D eigenvalue weighted by Gasteiger charge is -2.30. The van der Waals surface area contributed by atoms with Gasteiger partial charge in [-0.25, -0.2) is 0 Å². The van der Waals surface area contributed by atoms with Crippen molar-refractivity contribution in [2.75, 3.05) is 13.2 Å². The Balaban J connectivity index is 0.000000706. The zero-order valence-corrected chi connectivity index (χ0v) is 14.9. The lowest BCUT2D eigenvalue weighted by atomic mass is 9.90. The number of hydrogen-bond acceptors (Lipinski definition) is 6. The largest absolute Gasteiger partial charge is 0.586 e. The van der Waals surface area contributed by atoms with Gasteiger partial charge in [-0.05, 0) is 41.8 Å². The lowest BCUT2D eigenvalue weighted by Crippen LogP contribution is -2.37. The van der Waals surface area contributed by atoms with Crippen LogP contribution in [0.15, 0.2) is 47.5 Å². The lowest BCUT2D eigenvalue weighted by molar-refractivity contribution is -0.286. The van der Waals surface area contributed by atoms with E-state index in [1.807, 2.05) is 31.2 Å². The summed E-state index contributed by atoms with van der Waals surface area (Å²) in [6, 6.07) is 12.4. The first kappa shape index (κ1) is 19.6. The number of fused-ring (bicyclic) bond motifs is 1. The number of nitrogens with zero attached hydrogens (tertiary/aromatic N) is 1. The highest BCUT2D eigenvalue weighted by molar-refractivity contribution is 5.82. The molecule has 0 radical (unpaired) electrons. The van der Waals surface area contributed by atoms with E-state index in [1.165, 1.54) is 12.1 Å². The Labute approximate surface area is 159 Å². The normalized spacial score (nSPS) is 21.9. The van der Waals surface area contributed by atoms with Gasteiger partial charge in [-0.3, -0.25) is 9.79 Å². The number of halogens is 2. The first-order valence-corrected chi connectivity index (χ1v) is 8.27. The molecule has 0 saturated heterocycles. The number of nitrogens with two attached hydrogens (primary N) is 1. The number of amidine groups is 1. The summed E-state index contributed by atoms with van der Waals surface area (Å²) in [6.07, 6.45) is -3.62.